The first-order valence-corrected chi connectivity index (χ1v) is 2.33. The maximum Gasteiger partial charge on any atom is 0.452 e. The zero-order valence-corrected chi connectivity index (χ0v) is 5.16. The summed E-state index contributed by atoms with van der Waals surface area (Å²) < 4.78 is 67.6. The van der Waals surface area contributed by atoms with Gasteiger partial charge in [-0.05, 0) is 0 Å². The van der Waals surface area contributed by atoms with Crippen LogP contribution in [0.4, 0.5) is 26.3 Å². The van der Waals surface area contributed by atoms with Crippen molar-refractivity contribution in [2.45, 2.75) is 12.4 Å². The third kappa shape index (κ3) is 2.51. The van der Waals surface area contributed by atoms with Crippen LogP contribution >= 0.6 is 0 Å². The highest BCUT2D eigenvalue weighted by atomic mass is 19.4. The highest BCUT2D eigenvalue weighted by Gasteiger charge is 2.46. The van der Waals surface area contributed by atoms with Crippen molar-refractivity contribution in [2.75, 3.05) is 0 Å². The fraction of sp³-hybridized carbons (Fsp3) is 0.500. The topological polar surface area (TPSA) is 40.5 Å². The Hall–Kier alpha value is -1.08. The van der Waals surface area contributed by atoms with Crippen LogP contribution in [0.25, 0.3) is 0 Å². The van der Waals surface area contributed by atoms with E-state index in [0.29, 0.717) is 0 Å². The van der Waals surface area contributed by atoms with Crippen LogP contribution in [-0.2, 0) is 0 Å². The SMILES string of the molecule is O/C(=C(/O)C(F)(F)F)C(F)(F)F. The minimum absolute atomic E-state index is 3.05. The number of hydrogen-bond donors (Lipinski definition) is 2. The van der Waals surface area contributed by atoms with E-state index < -0.39 is 23.9 Å². The Kier molecular flexibility index (Phi) is 2.51. The monoisotopic (exact) mass is 196 g/mol. The Morgan fingerprint density at radius 1 is 0.667 bits per heavy atom. The lowest BCUT2D eigenvalue weighted by Gasteiger charge is -2.09. The molecule has 0 aliphatic heterocycles. The van der Waals surface area contributed by atoms with Crippen molar-refractivity contribution in [3.8, 4) is 0 Å². The Morgan fingerprint density at radius 2 is 0.833 bits per heavy atom. The normalized spacial score (nSPS) is 15.8. The van der Waals surface area contributed by atoms with Gasteiger partial charge in [0, 0.05) is 0 Å². The summed E-state index contributed by atoms with van der Waals surface area (Å²) in [5.41, 5.74) is 0. The number of aliphatic hydroxyl groups is 2. The van der Waals surface area contributed by atoms with E-state index in [1.165, 1.54) is 0 Å². The Balaban J connectivity index is 4.96. The highest BCUT2D eigenvalue weighted by Crippen LogP contribution is 2.32. The van der Waals surface area contributed by atoms with Gasteiger partial charge >= 0.3 is 12.4 Å². The van der Waals surface area contributed by atoms with Gasteiger partial charge in [0.1, 0.15) is 0 Å². The summed E-state index contributed by atoms with van der Waals surface area (Å²) in [5, 5.41) is 15.5. The molecular formula is C4H2F6O2. The highest BCUT2D eigenvalue weighted by molar-refractivity contribution is 5.09. The van der Waals surface area contributed by atoms with Crippen molar-refractivity contribution in [2.24, 2.45) is 0 Å². The minimum Gasteiger partial charge on any atom is -0.502 e. The molecule has 0 fully saturated rings. The lowest BCUT2D eigenvalue weighted by atomic mass is 10.4. The molecule has 2 N–H and O–H groups in total. The van der Waals surface area contributed by atoms with Crippen LogP contribution in [0.1, 0.15) is 0 Å². The molecule has 0 saturated carbocycles. The Bertz CT molecular complexity index is 177. The summed E-state index contributed by atoms with van der Waals surface area (Å²) in [6.07, 6.45) is -11.2. The van der Waals surface area contributed by atoms with Gasteiger partial charge in [0.05, 0.1) is 0 Å². The molecule has 8 heteroatoms. The summed E-state index contributed by atoms with van der Waals surface area (Å²) >= 11 is 0. The third-order valence-electron chi connectivity index (χ3n) is 0.761. The summed E-state index contributed by atoms with van der Waals surface area (Å²) in [5.74, 6) is -6.09. The van der Waals surface area contributed by atoms with Gasteiger partial charge in [-0.25, -0.2) is 0 Å². The maximum atomic E-state index is 11.3. The molecule has 0 unspecified atom stereocenters. The number of aliphatic hydroxyl groups excluding tert-OH is 2. The molecule has 12 heavy (non-hydrogen) atoms. The molecule has 0 heterocycles. The fourth-order valence-corrected chi connectivity index (χ4v) is 0.269. The number of allylic oxidation sites excluding steroid dienone is 2. The summed E-state index contributed by atoms with van der Waals surface area (Å²) in [6, 6.07) is 0. The Morgan fingerprint density at radius 3 is 0.917 bits per heavy atom. The van der Waals surface area contributed by atoms with Crippen LogP contribution in [0.5, 0.6) is 0 Å². The predicted octanol–water partition coefficient (Wildman–Crippen LogP) is 2.44. The van der Waals surface area contributed by atoms with Gasteiger partial charge in [-0.2, -0.15) is 26.3 Å². The lowest BCUT2D eigenvalue weighted by molar-refractivity contribution is -0.156. The van der Waals surface area contributed by atoms with Crippen molar-refractivity contribution in [3.63, 3.8) is 0 Å². The summed E-state index contributed by atoms with van der Waals surface area (Å²) in [6.45, 7) is 0. The van der Waals surface area contributed by atoms with Crippen LogP contribution in [0.3, 0.4) is 0 Å². The number of hydrogen-bond acceptors (Lipinski definition) is 2. The zero-order valence-electron chi connectivity index (χ0n) is 5.16. The van der Waals surface area contributed by atoms with Crippen LogP contribution < -0.4 is 0 Å². The number of alkyl halides is 6. The first-order valence-electron chi connectivity index (χ1n) is 2.33. The van der Waals surface area contributed by atoms with Crippen LogP contribution in [-0.4, -0.2) is 22.6 Å². The molecule has 0 radical (unpaired) electrons. The molecule has 0 bridgehead atoms. The molecule has 72 valence electrons. The molecule has 0 saturated heterocycles. The zero-order chi connectivity index (χ0) is 10.2. The van der Waals surface area contributed by atoms with Gasteiger partial charge < -0.3 is 10.2 Å². The van der Waals surface area contributed by atoms with Crippen LogP contribution in [0.2, 0.25) is 0 Å². The number of rotatable bonds is 0. The van der Waals surface area contributed by atoms with Crippen molar-refractivity contribution < 1.29 is 36.6 Å². The third-order valence-corrected chi connectivity index (χ3v) is 0.761. The van der Waals surface area contributed by atoms with Gasteiger partial charge in [0.25, 0.3) is 0 Å². The average molecular weight is 196 g/mol. The lowest BCUT2D eigenvalue weighted by Crippen LogP contribution is -2.21. The van der Waals surface area contributed by atoms with Gasteiger partial charge in [-0.15, -0.1) is 0 Å². The van der Waals surface area contributed by atoms with Gasteiger partial charge in [-0.1, -0.05) is 0 Å². The molecule has 2 nitrogen and oxygen atoms in total. The predicted molar refractivity (Wildman–Crippen MR) is 24.4 cm³/mol. The number of halogens is 6. The smallest absolute Gasteiger partial charge is 0.452 e. The molecule has 0 rings (SSSR count). The van der Waals surface area contributed by atoms with Crippen molar-refractivity contribution in [1.29, 1.82) is 0 Å². The van der Waals surface area contributed by atoms with E-state index in [0.717, 1.165) is 0 Å². The van der Waals surface area contributed by atoms with E-state index in [1.807, 2.05) is 0 Å². The second kappa shape index (κ2) is 2.76. The fourth-order valence-electron chi connectivity index (χ4n) is 0.269. The quantitative estimate of drug-likeness (QED) is 0.461. The molecule has 0 aromatic rings. The largest absolute Gasteiger partial charge is 0.502 e. The van der Waals surface area contributed by atoms with E-state index in [9.17, 15) is 26.3 Å². The maximum absolute atomic E-state index is 11.3. The van der Waals surface area contributed by atoms with E-state index in [1.54, 1.807) is 0 Å². The van der Waals surface area contributed by atoms with E-state index in [-0.39, 0.29) is 0 Å². The molecule has 0 aliphatic carbocycles. The standard InChI is InChI=1S/C4H2F6O2/c5-3(6,7)1(11)2(12)4(8,9)10/h11-12H/b2-1+. The first kappa shape index (κ1) is 10.9. The molecule has 0 aromatic carbocycles. The van der Waals surface area contributed by atoms with Crippen LogP contribution in [0, 0.1) is 0 Å². The molecule has 0 amide bonds. The van der Waals surface area contributed by atoms with Gasteiger partial charge in [0.15, 0.2) is 0 Å². The second-order valence-corrected chi connectivity index (χ2v) is 1.69. The van der Waals surface area contributed by atoms with E-state index in [2.05, 4.69) is 0 Å². The second-order valence-electron chi connectivity index (χ2n) is 1.69. The van der Waals surface area contributed by atoms with Gasteiger partial charge in [-0.3, -0.25) is 0 Å². The van der Waals surface area contributed by atoms with E-state index >= 15 is 0 Å². The molecule has 0 atom stereocenters. The first-order chi connectivity index (χ1) is 5.07. The molecular weight excluding hydrogens is 194 g/mol. The van der Waals surface area contributed by atoms with Crippen molar-refractivity contribution in [1.82, 2.24) is 0 Å². The average Bonchev–Trinajstić information content (AvgIpc) is 1.80. The van der Waals surface area contributed by atoms with Crippen LogP contribution in [0.15, 0.2) is 11.5 Å². The molecule has 0 aliphatic rings. The van der Waals surface area contributed by atoms with Crippen molar-refractivity contribution in [3.05, 3.63) is 11.5 Å². The summed E-state index contributed by atoms with van der Waals surface area (Å²) in [7, 11) is 0. The Labute approximate surface area is 61.7 Å². The van der Waals surface area contributed by atoms with Crippen molar-refractivity contribution >= 4 is 0 Å². The molecule has 0 spiro atoms. The molecule has 0 aromatic heterocycles. The van der Waals surface area contributed by atoms with Gasteiger partial charge in [0.2, 0.25) is 11.5 Å². The summed E-state index contributed by atoms with van der Waals surface area (Å²) in [4.78, 5) is 0. The minimum atomic E-state index is -5.60. The van der Waals surface area contributed by atoms with E-state index in [4.69, 9.17) is 10.2 Å².